The van der Waals surface area contributed by atoms with Crippen molar-refractivity contribution in [2.45, 2.75) is 32.2 Å². The molecule has 23 heavy (non-hydrogen) atoms. The number of aromatic amines is 1. The quantitative estimate of drug-likeness (QED) is 0.858. The van der Waals surface area contributed by atoms with E-state index in [0.717, 1.165) is 44.0 Å². The van der Waals surface area contributed by atoms with E-state index < -0.39 is 0 Å². The van der Waals surface area contributed by atoms with Crippen LogP contribution in [0.2, 0.25) is 0 Å². The summed E-state index contributed by atoms with van der Waals surface area (Å²) in [5, 5.41) is 2.79. The Balaban J connectivity index is 1.48. The monoisotopic (exact) mass is 312 g/mol. The molecule has 0 saturated carbocycles. The topological polar surface area (TPSA) is 61.0 Å². The molecule has 3 rings (SSSR count). The molecule has 1 atom stereocenters. The van der Waals surface area contributed by atoms with Gasteiger partial charge in [0.1, 0.15) is 5.82 Å². The highest BCUT2D eigenvalue weighted by atomic mass is 16.1. The van der Waals surface area contributed by atoms with E-state index in [4.69, 9.17) is 0 Å². The Kier molecular flexibility index (Phi) is 5.08. The number of carbonyl (C=O) groups excluding carboxylic acids is 1. The molecule has 2 aromatic rings. The van der Waals surface area contributed by atoms with Gasteiger partial charge in [0.05, 0.1) is 18.4 Å². The van der Waals surface area contributed by atoms with E-state index in [-0.39, 0.29) is 5.91 Å². The highest BCUT2D eigenvalue weighted by Crippen LogP contribution is 2.25. The molecule has 2 N–H and O–H groups in total. The summed E-state index contributed by atoms with van der Waals surface area (Å²) in [5.74, 6) is 1.50. The SMILES string of the molecule is CC(=O)NCc1cnc(C2CCN(CCc3ccccc3)C2)[nH]1. The first kappa shape index (κ1) is 15.7. The maximum absolute atomic E-state index is 11.0. The molecule has 1 aromatic heterocycles. The van der Waals surface area contributed by atoms with Crippen LogP contribution in [0.3, 0.4) is 0 Å². The number of likely N-dealkylation sites (tertiary alicyclic amines) is 1. The third-order valence-corrected chi connectivity index (χ3v) is 4.39. The summed E-state index contributed by atoms with van der Waals surface area (Å²) in [6.07, 6.45) is 4.07. The third-order valence-electron chi connectivity index (χ3n) is 4.39. The number of aromatic nitrogens is 2. The second-order valence-electron chi connectivity index (χ2n) is 6.23. The minimum Gasteiger partial charge on any atom is -0.351 e. The van der Waals surface area contributed by atoms with Crippen LogP contribution in [-0.4, -0.2) is 40.4 Å². The average molecular weight is 312 g/mol. The zero-order chi connectivity index (χ0) is 16.1. The number of carbonyl (C=O) groups is 1. The van der Waals surface area contributed by atoms with Gasteiger partial charge >= 0.3 is 0 Å². The van der Waals surface area contributed by atoms with Crippen molar-refractivity contribution in [3.63, 3.8) is 0 Å². The van der Waals surface area contributed by atoms with Gasteiger partial charge in [-0.05, 0) is 24.9 Å². The van der Waals surface area contributed by atoms with Gasteiger partial charge in [0.15, 0.2) is 0 Å². The smallest absolute Gasteiger partial charge is 0.217 e. The molecule has 1 unspecified atom stereocenters. The number of imidazole rings is 1. The second-order valence-corrected chi connectivity index (χ2v) is 6.23. The van der Waals surface area contributed by atoms with Crippen LogP contribution in [0.5, 0.6) is 0 Å². The molecule has 0 bridgehead atoms. The molecule has 1 aliphatic heterocycles. The lowest BCUT2D eigenvalue weighted by Gasteiger charge is -2.15. The number of hydrogen-bond donors (Lipinski definition) is 2. The van der Waals surface area contributed by atoms with Crippen molar-refractivity contribution >= 4 is 5.91 Å². The van der Waals surface area contributed by atoms with Gasteiger partial charge in [-0.15, -0.1) is 0 Å². The van der Waals surface area contributed by atoms with Gasteiger partial charge in [-0.1, -0.05) is 30.3 Å². The van der Waals surface area contributed by atoms with Gasteiger partial charge in [-0.3, -0.25) is 4.79 Å². The lowest BCUT2D eigenvalue weighted by atomic mass is 10.1. The van der Waals surface area contributed by atoms with Crippen molar-refractivity contribution in [1.82, 2.24) is 20.2 Å². The van der Waals surface area contributed by atoms with Gasteiger partial charge in [0.2, 0.25) is 5.91 Å². The van der Waals surface area contributed by atoms with Gasteiger partial charge < -0.3 is 15.2 Å². The van der Waals surface area contributed by atoms with Crippen molar-refractivity contribution in [2.24, 2.45) is 0 Å². The Labute approximate surface area is 137 Å². The summed E-state index contributed by atoms with van der Waals surface area (Å²) in [7, 11) is 0. The largest absolute Gasteiger partial charge is 0.351 e. The van der Waals surface area contributed by atoms with Gasteiger partial charge in [-0.25, -0.2) is 4.98 Å². The summed E-state index contributed by atoms with van der Waals surface area (Å²) >= 11 is 0. The first-order chi connectivity index (χ1) is 11.2. The van der Waals surface area contributed by atoms with E-state index in [0.29, 0.717) is 12.5 Å². The molecule has 1 fully saturated rings. The molecular formula is C18H24N4O. The van der Waals surface area contributed by atoms with Crippen molar-refractivity contribution in [2.75, 3.05) is 19.6 Å². The Morgan fingerprint density at radius 3 is 3.00 bits per heavy atom. The van der Waals surface area contributed by atoms with E-state index in [2.05, 4.69) is 50.5 Å². The number of benzene rings is 1. The molecule has 5 heteroatoms. The van der Waals surface area contributed by atoms with Crippen LogP contribution in [0.4, 0.5) is 0 Å². The molecule has 0 radical (unpaired) electrons. The zero-order valence-corrected chi connectivity index (χ0v) is 13.6. The van der Waals surface area contributed by atoms with Crippen LogP contribution in [0.15, 0.2) is 36.5 Å². The molecule has 1 aliphatic rings. The predicted molar refractivity (Wildman–Crippen MR) is 90.1 cm³/mol. The van der Waals surface area contributed by atoms with E-state index >= 15 is 0 Å². The number of nitrogens with zero attached hydrogens (tertiary/aromatic N) is 2. The number of amides is 1. The van der Waals surface area contributed by atoms with Crippen molar-refractivity contribution in [1.29, 1.82) is 0 Å². The van der Waals surface area contributed by atoms with Crippen molar-refractivity contribution in [3.8, 4) is 0 Å². The first-order valence-electron chi connectivity index (χ1n) is 8.25. The number of rotatable bonds is 6. The Morgan fingerprint density at radius 1 is 1.39 bits per heavy atom. The molecular weight excluding hydrogens is 288 g/mol. The third kappa shape index (κ3) is 4.42. The van der Waals surface area contributed by atoms with Gasteiger partial charge in [0.25, 0.3) is 0 Å². The Hall–Kier alpha value is -2.14. The molecule has 5 nitrogen and oxygen atoms in total. The number of H-pyrrole nitrogens is 1. The molecule has 122 valence electrons. The Bertz CT molecular complexity index is 637. The fourth-order valence-electron chi connectivity index (χ4n) is 3.08. The summed E-state index contributed by atoms with van der Waals surface area (Å²) < 4.78 is 0. The van der Waals surface area contributed by atoms with Crippen LogP contribution in [0.25, 0.3) is 0 Å². The lowest BCUT2D eigenvalue weighted by Crippen LogP contribution is -2.23. The Morgan fingerprint density at radius 2 is 2.22 bits per heavy atom. The minimum absolute atomic E-state index is 0.0193. The minimum atomic E-state index is -0.0193. The van der Waals surface area contributed by atoms with Crippen LogP contribution in [0.1, 0.15) is 36.3 Å². The van der Waals surface area contributed by atoms with E-state index in [1.807, 2.05) is 6.20 Å². The molecule has 1 amide bonds. The van der Waals surface area contributed by atoms with E-state index in [9.17, 15) is 4.79 Å². The second kappa shape index (κ2) is 7.42. The lowest BCUT2D eigenvalue weighted by molar-refractivity contribution is -0.119. The van der Waals surface area contributed by atoms with Gasteiger partial charge in [0, 0.05) is 25.9 Å². The first-order valence-corrected chi connectivity index (χ1v) is 8.25. The van der Waals surface area contributed by atoms with E-state index in [1.165, 1.54) is 12.5 Å². The van der Waals surface area contributed by atoms with Crippen LogP contribution in [-0.2, 0) is 17.8 Å². The molecule has 1 aromatic carbocycles. The van der Waals surface area contributed by atoms with Crippen molar-refractivity contribution in [3.05, 3.63) is 53.6 Å². The normalized spacial score (nSPS) is 18.2. The molecule has 0 spiro atoms. The van der Waals surface area contributed by atoms with Gasteiger partial charge in [-0.2, -0.15) is 0 Å². The highest BCUT2D eigenvalue weighted by Gasteiger charge is 2.25. The summed E-state index contributed by atoms with van der Waals surface area (Å²) in [4.78, 5) is 21.3. The fourth-order valence-corrected chi connectivity index (χ4v) is 3.08. The zero-order valence-electron chi connectivity index (χ0n) is 13.6. The summed E-state index contributed by atoms with van der Waals surface area (Å²) in [6, 6.07) is 10.6. The van der Waals surface area contributed by atoms with Crippen LogP contribution < -0.4 is 5.32 Å². The fraction of sp³-hybridized carbons (Fsp3) is 0.444. The summed E-state index contributed by atoms with van der Waals surface area (Å²) in [5.41, 5.74) is 2.37. The average Bonchev–Trinajstić information content (AvgIpc) is 3.21. The maximum Gasteiger partial charge on any atom is 0.217 e. The molecule has 2 heterocycles. The maximum atomic E-state index is 11.0. The predicted octanol–water partition coefficient (Wildman–Crippen LogP) is 2.08. The molecule has 1 saturated heterocycles. The number of hydrogen-bond acceptors (Lipinski definition) is 3. The summed E-state index contributed by atoms with van der Waals surface area (Å²) in [6.45, 7) is 5.32. The standard InChI is InChI=1S/C18H24N4O/c1-14(23)19-11-17-12-20-18(21-17)16-8-10-22(13-16)9-7-15-5-3-2-4-6-15/h2-6,12,16H,7-11,13H2,1H3,(H,19,23)(H,20,21). The number of nitrogens with one attached hydrogen (secondary N) is 2. The van der Waals surface area contributed by atoms with E-state index in [1.54, 1.807) is 0 Å². The highest BCUT2D eigenvalue weighted by molar-refractivity contribution is 5.72. The van der Waals surface area contributed by atoms with Crippen LogP contribution >= 0.6 is 0 Å². The van der Waals surface area contributed by atoms with Crippen LogP contribution in [0, 0.1) is 0 Å². The molecule has 0 aliphatic carbocycles. The van der Waals surface area contributed by atoms with Crippen molar-refractivity contribution < 1.29 is 4.79 Å².